The summed E-state index contributed by atoms with van der Waals surface area (Å²) in [6.07, 6.45) is 7.97. The third-order valence-corrected chi connectivity index (χ3v) is 3.42. The van der Waals surface area contributed by atoms with Crippen LogP contribution in [0, 0.1) is 0 Å². The van der Waals surface area contributed by atoms with Crippen molar-refractivity contribution >= 4 is 5.96 Å². The fourth-order valence-electron chi connectivity index (χ4n) is 2.36. The van der Waals surface area contributed by atoms with Crippen molar-refractivity contribution in [1.82, 2.24) is 15.2 Å². The lowest BCUT2D eigenvalue weighted by molar-refractivity contribution is 0.106. The molecule has 20 heavy (non-hydrogen) atoms. The number of aliphatic imine (C=N–C) groups is 1. The highest BCUT2D eigenvalue weighted by Crippen LogP contribution is 2.14. The smallest absolute Gasteiger partial charge is 0.191 e. The highest BCUT2D eigenvalue weighted by Gasteiger charge is 2.14. The van der Waals surface area contributed by atoms with Crippen molar-refractivity contribution < 1.29 is 4.74 Å². The van der Waals surface area contributed by atoms with Crippen molar-refractivity contribution in [2.45, 2.75) is 38.8 Å². The lowest BCUT2D eigenvalue weighted by Crippen LogP contribution is -2.39. The molecule has 2 rings (SSSR count). The Kier molecular flexibility index (Phi) is 6.44. The second-order valence-corrected chi connectivity index (χ2v) is 5.03. The monoisotopic (exact) mass is 278 g/mol. The number of hydrogen-bond donors (Lipinski definition) is 2. The van der Waals surface area contributed by atoms with E-state index in [2.05, 4.69) is 39.5 Å². The van der Waals surface area contributed by atoms with Crippen LogP contribution in [0.5, 0.6) is 0 Å². The molecule has 0 spiro atoms. The van der Waals surface area contributed by atoms with Crippen LogP contribution in [0.1, 0.15) is 26.2 Å². The van der Waals surface area contributed by atoms with Crippen LogP contribution in [0.15, 0.2) is 29.5 Å². The van der Waals surface area contributed by atoms with Crippen molar-refractivity contribution in [3.8, 4) is 0 Å². The molecule has 1 aromatic rings. The SMILES string of the molecule is CCNC(=NCCC1CCCO1)NCCn1cccc1. The first-order valence-corrected chi connectivity index (χ1v) is 7.63. The Hall–Kier alpha value is -1.49. The topological polar surface area (TPSA) is 50.6 Å². The molecule has 0 amide bonds. The number of hydrogen-bond acceptors (Lipinski definition) is 2. The Balaban J connectivity index is 1.67. The molecule has 2 heterocycles. The largest absolute Gasteiger partial charge is 0.378 e. The van der Waals surface area contributed by atoms with Crippen LogP contribution in [0.4, 0.5) is 0 Å². The molecule has 112 valence electrons. The number of nitrogens with one attached hydrogen (secondary N) is 2. The average molecular weight is 278 g/mol. The Morgan fingerprint density at radius 3 is 2.90 bits per heavy atom. The standard InChI is InChI=1S/C15H26N4O/c1-2-16-15(17-8-7-14-6-5-13-20-14)18-9-12-19-10-3-4-11-19/h3-4,10-11,14H,2,5-9,12-13H2,1H3,(H2,16,17,18). The second kappa shape index (κ2) is 8.64. The first-order chi connectivity index (χ1) is 9.88. The van der Waals surface area contributed by atoms with Gasteiger partial charge < -0.3 is 19.9 Å². The Morgan fingerprint density at radius 1 is 1.35 bits per heavy atom. The number of rotatable bonds is 7. The lowest BCUT2D eigenvalue weighted by Gasteiger charge is -2.12. The van der Waals surface area contributed by atoms with E-state index in [1.54, 1.807) is 0 Å². The summed E-state index contributed by atoms with van der Waals surface area (Å²) in [5.74, 6) is 0.901. The van der Waals surface area contributed by atoms with Crippen molar-refractivity contribution in [3.05, 3.63) is 24.5 Å². The molecule has 0 aromatic carbocycles. The molecular formula is C15H26N4O. The van der Waals surface area contributed by atoms with Crippen LogP contribution in [-0.2, 0) is 11.3 Å². The van der Waals surface area contributed by atoms with Crippen molar-refractivity contribution in [1.29, 1.82) is 0 Å². The highest BCUT2D eigenvalue weighted by atomic mass is 16.5. The molecule has 1 unspecified atom stereocenters. The van der Waals surface area contributed by atoms with Crippen molar-refractivity contribution in [2.24, 2.45) is 4.99 Å². The van der Waals surface area contributed by atoms with Crippen LogP contribution in [0.2, 0.25) is 0 Å². The third kappa shape index (κ3) is 5.25. The molecule has 0 bridgehead atoms. The number of aromatic nitrogens is 1. The Bertz CT molecular complexity index is 383. The molecule has 1 aliphatic rings. The van der Waals surface area contributed by atoms with Gasteiger partial charge in [0.15, 0.2) is 5.96 Å². The molecule has 1 fully saturated rings. The van der Waals surface area contributed by atoms with E-state index in [1.807, 2.05) is 12.1 Å². The number of ether oxygens (including phenoxy) is 1. The van der Waals surface area contributed by atoms with Gasteiger partial charge in [0.1, 0.15) is 0 Å². The van der Waals surface area contributed by atoms with E-state index in [0.29, 0.717) is 6.10 Å². The van der Waals surface area contributed by atoms with Gasteiger partial charge in [0.05, 0.1) is 6.10 Å². The molecule has 1 atom stereocenters. The summed E-state index contributed by atoms with van der Waals surface area (Å²) in [6, 6.07) is 4.09. The van der Waals surface area contributed by atoms with Gasteiger partial charge in [-0.15, -0.1) is 0 Å². The molecule has 1 aliphatic heterocycles. The normalized spacial score (nSPS) is 19.2. The number of guanidine groups is 1. The molecular weight excluding hydrogens is 252 g/mol. The maximum Gasteiger partial charge on any atom is 0.191 e. The van der Waals surface area contributed by atoms with E-state index in [0.717, 1.165) is 45.2 Å². The Labute approximate surface area is 121 Å². The second-order valence-electron chi connectivity index (χ2n) is 5.03. The minimum absolute atomic E-state index is 0.418. The molecule has 2 N–H and O–H groups in total. The third-order valence-electron chi connectivity index (χ3n) is 3.42. The van der Waals surface area contributed by atoms with Gasteiger partial charge in [0.25, 0.3) is 0 Å². The molecule has 5 nitrogen and oxygen atoms in total. The molecule has 1 saturated heterocycles. The summed E-state index contributed by atoms with van der Waals surface area (Å²) in [5, 5.41) is 6.64. The predicted molar refractivity (Wildman–Crippen MR) is 82.0 cm³/mol. The minimum atomic E-state index is 0.418. The average Bonchev–Trinajstić information content (AvgIpc) is 3.11. The quantitative estimate of drug-likeness (QED) is 0.588. The van der Waals surface area contributed by atoms with Gasteiger partial charge in [0.2, 0.25) is 0 Å². The zero-order valence-electron chi connectivity index (χ0n) is 12.3. The summed E-state index contributed by atoms with van der Waals surface area (Å²) < 4.78 is 7.77. The van der Waals surface area contributed by atoms with Crippen LogP contribution in [0.25, 0.3) is 0 Å². The van der Waals surface area contributed by atoms with Gasteiger partial charge in [-0.05, 0) is 38.3 Å². The number of nitrogens with zero attached hydrogens (tertiary/aromatic N) is 2. The minimum Gasteiger partial charge on any atom is -0.378 e. The van der Waals surface area contributed by atoms with Crippen LogP contribution < -0.4 is 10.6 Å². The van der Waals surface area contributed by atoms with Gasteiger partial charge in [-0.3, -0.25) is 4.99 Å². The fraction of sp³-hybridized carbons (Fsp3) is 0.667. The summed E-state index contributed by atoms with van der Waals surface area (Å²) >= 11 is 0. The van der Waals surface area contributed by atoms with Gasteiger partial charge in [0, 0.05) is 45.2 Å². The van der Waals surface area contributed by atoms with E-state index >= 15 is 0 Å². The van der Waals surface area contributed by atoms with Crippen LogP contribution in [0.3, 0.4) is 0 Å². The summed E-state index contributed by atoms with van der Waals surface area (Å²) in [5.41, 5.74) is 0. The molecule has 0 aliphatic carbocycles. The van der Waals surface area contributed by atoms with Gasteiger partial charge in [-0.25, -0.2) is 0 Å². The van der Waals surface area contributed by atoms with E-state index < -0.39 is 0 Å². The Morgan fingerprint density at radius 2 is 2.20 bits per heavy atom. The van der Waals surface area contributed by atoms with Crippen LogP contribution in [-0.4, -0.2) is 42.9 Å². The lowest BCUT2D eigenvalue weighted by atomic mass is 10.2. The molecule has 5 heteroatoms. The molecule has 0 radical (unpaired) electrons. The predicted octanol–water partition coefficient (Wildman–Crippen LogP) is 1.61. The van der Waals surface area contributed by atoms with Crippen LogP contribution >= 0.6 is 0 Å². The van der Waals surface area contributed by atoms with Crippen molar-refractivity contribution in [3.63, 3.8) is 0 Å². The first kappa shape index (κ1) is 14.9. The molecule has 0 saturated carbocycles. The zero-order chi connectivity index (χ0) is 14.0. The zero-order valence-corrected chi connectivity index (χ0v) is 12.3. The summed E-state index contributed by atoms with van der Waals surface area (Å²) in [6.45, 7) is 6.54. The van der Waals surface area contributed by atoms with Gasteiger partial charge >= 0.3 is 0 Å². The van der Waals surface area contributed by atoms with Gasteiger partial charge in [-0.1, -0.05) is 0 Å². The van der Waals surface area contributed by atoms with E-state index in [-0.39, 0.29) is 0 Å². The summed E-state index contributed by atoms with van der Waals surface area (Å²) in [4.78, 5) is 4.60. The fourth-order valence-corrected chi connectivity index (χ4v) is 2.36. The highest BCUT2D eigenvalue weighted by molar-refractivity contribution is 5.79. The van der Waals surface area contributed by atoms with Crippen molar-refractivity contribution in [2.75, 3.05) is 26.2 Å². The summed E-state index contributed by atoms with van der Waals surface area (Å²) in [7, 11) is 0. The van der Waals surface area contributed by atoms with E-state index in [9.17, 15) is 0 Å². The van der Waals surface area contributed by atoms with E-state index in [1.165, 1.54) is 12.8 Å². The maximum absolute atomic E-state index is 5.61. The van der Waals surface area contributed by atoms with E-state index in [4.69, 9.17) is 4.74 Å². The maximum atomic E-state index is 5.61. The first-order valence-electron chi connectivity index (χ1n) is 7.63. The van der Waals surface area contributed by atoms with Gasteiger partial charge in [-0.2, -0.15) is 0 Å². The molecule has 1 aromatic heterocycles.